The summed E-state index contributed by atoms with van der Waals surface area (Å²) in [5.74, 6) is -0.880. The molecule has 2 N–H and O–H groups in total. The van der Waals surface area contributed by atoms with Crippen LogP contribution in [0.2, 0.25) is 0 Å². The number of aryl methyl sites for hydroxylation is 2. The van der Waals surface area contributed by atoms with Crippen molar-refractivity contribution >= 4 is 21.7 Å². The topological polar surface area (TPSA) is 111 Å². The molecule has 0 spiro atoms. The maximum atomic E-state index is 12.7. The molecular formula is C15H19N3O5S. The molecular weight excluding hydrogens is 334 g/mol. The van der Waals surface area contributed by atoms with Gasteiger partial charge in [-0.3, -0.25) is 9.40 Å². The Morgan fingerprint density at radius 1 is 1.33 bits per heavy atom. The van der Waals surface area contributed by atoms with Gasteiger partial charge in [-0.1, -0.05) is 6.07 Å². The summed E-state index contributed by atoms with van der Waals surface area (Å²) < 4.78 is 34.6. The summed E-state index contributed by atoms with van der Waals surface area (Å²) in [6, 6.07) is 3.04. The molecule has 8 nitrogen and oxygen atoms in total. The van der Waals surface area contributed by atoms with Crippen LogP contribution in [0.4, 0.5) is 5.69 Å². The largest absolute Gasteiger partial charge is 0.481 e. The number of rotatable bonds is 6. The number of carboxylic acids is 1. The maximum absolute atomic E-state index is 12.7. The summed E-state index contributed by atoms with van der Waals surface area (Å²) in [7, 11) is -2.15. The third kappa shape index (κ3) is 3.51. The van der Waals surface area contributed by atoms with Gasteiger partial charge < -0.3 is 9.84 Å². The van der Waals surface area contributed by atoms with E-state index in [1.807, 2.05) is 0 Å². The molecule has 0 amide bonds. The first-order chi connectivity index (χ1) is 11.1. The molecule has 0 aliphatic rings. The van der Waals surface area contributed by atoms with Gasteiger partial charge in [0, 0.05) is 12.6 Å². The number of hydrogen-bond acceptors (Lipinski definition) is 5. The Morgan fingerprint density at radius 3 is 2.54 bits per heavy atom. The Kier molecular flexibility index (Phi) is 4.83. The fourth-order valence-corrected chi connectivity index (χ4v) is 3.60. The molecule has 9 heteroatoms. The highest BCUT2D eigenvalue weighted by atomic mass is 32.2. The van der Waals surface area contributed by atoms with Crippen LogP contribution in [-0.2, 0) is 21.9 Å². The van der Waals surface area contributed by atoms with E-state index in [4.69, 9.17) is 9.84 Å². The van der Waals surface area contributed by atoms with Crippen LogP contribution in [0.5, 0.6) is 5.75 Å². The highest BCUT2D eigenvalue weighted by molar-refractivity contribution is 7.92. The minimum atomic E-state index is -3.86. The van der Waals surface area contributed by atoms with Gasteiger partial charge >= 0.3 is 5.97 Å². The van der Waals surface area contributed by atoms with Crippen molar-refractivity contribution in [3.63, 3.8) is 0 Å². The second-order valence-electron chi connectivity index (χ2n) is 5.39. The zero-order valence-corrected chi connectivity index (χ0v) is 14.6. The summed E-state index contributed by atoms with van der Waals surface area (Å²) in [5.41, 5.74) is 2.06. The first-order valence-corrected chi connectivity index (χ1v) is 8.58. The fourth-order valence-electron chi connectivity index (χ4n) is 2.25. The standard InChI is InChI=1S/C15H19N3O5S/c1-9-5-6-13(10(2)15(9)23-8-14(19)20)24(21,22)17-12-7-16-18(4)11(12)3/h5-7,17H,8H2,1-4H3,(H,19,20). The third-order valence-electron chi connectivity index (χ3n) is 3.66. The first kappa shape index (κ1) is 17.8. The van der Waals surface area contributed by atoms with Crippen LogP contribution < -0.4 is 9.46 Å². The number of nitrogens with zero attached hydrogens (tertiary/aromatic N) is 2. The number of carbonyl (C=O) groups is 1. The minimum absolute atomic E-state index is 0.0248. The van der Waals surface area contributed by atoms with Gasteiger partial charge in [-0.25, -0.2) is 13.2 Å². The Labute approximate surface area is 140 Å². The van der Waals surface area contributed by atoms with Gasteiger partial charge in [0.1, 0.15) is 5.75 Å². The lowest BCUT2D eigenvalue weighted by Crippen LogP contribution is -2.16. The number of nitrogens with one attached hydrogen (secondary N) is 1. The number of carboxylic acid groups (broad SMARTS) is 1. The zero-order valence-electron chi connectivity index (χ0n) is 13.8. The van der Waals surface area contributed by atoms with Crippen molar-refractivity contribution in [1.29, 1.82) is 0 Å². The summed E-state index contributed by atoms with van der Waals surface area (Å²) in [6.07, 6.45) is 1.43. The van der Waals surface area contributed by atoms with Crippen LogP contribution >= 0.6 is 0 Å². The summed E-state index contributed by atoms with van der Waals surface area (Å²) >= 11 is 0. The molecule has 1 aromatic carbocycles. The molecule has 1 heterocycles. The molecule has 0 aliphatic heterocycles. The van der Waals surface area contributed by atoms with Crippen molar-refractivity contribution in [2.45, 2.75) is 25.7 Å². The summed E-state index contributed by atoms with van der Waals surface area (Å²) in [6.45, 7) is 4.50. The van der Waals surface area contributed by atoms with E-state index in [-0.39, 0.29) is 10.6 Å². The second kappa shape index (κ2) is 6.52. The van der Waals surface area contributed by atoms with Crippen LogP contribution in [0.15, 0.2) is 23.2 Å². The van der Waals surface area contributed by atoms with E-state index in [0.29, 0.717) is 22.5 Å². The SMILES string of the molecule is Cc1ccc(S(=O)(=O)Nc2cnn(C)c2C)c(C)c1OCC(=O)O. The van der Waals surface area contributed by atoms with Crippen molar-refractivity contribution in [3.05, 3.63) is 35.2 Å². The molecule has 24 heavy (non-hydrogen) atoms. The second-order valence-corrected chi connectivity index (χ2v) is 7.04. The van der Waals surface area contributed by atoms with Crippen molar-refractivity contribution in [1.82, 2.24) is 9.78 Å². The first-order valence-electron chi connectivity index (χ1n) is 7.09. The molecule has 0 bridgehead atoms. The highest BCUT2D eigenvalue weighted by Gasteiger charge is 2.22. The summed E-state index contributed by atoms with van der Waals surface area (Å²) in [4.78, 5) is 10.7. The maximum Gasteiger partial charge on any atom is 0.341 e. The fraction of sp³-hybridized carbons (Fsp3) is 0.333. The van der Waals surface area contributed by atoms with Gasteiger partial charge in [0.05, 0.1) is 22.5 Å². The normalized spacial score (nSPS) is 11.3. The highest BCUT2D eigenvalue weighted by Crippen LogP contribution is 2.30. The molecule has 0 radical (unpaired) electrons. The van der Waals surface area contributed by atoms with Gasteiger partial charge in [-0.2, -0.15) is 5.10 Å². The zero-order chi connectivity index (χ0) is 18.1. The van der Waals surface area contributed by atoms with Gasteiger partial charge in [-0.15, -0.1) is 0 Å². The molecule has 0 atom stereocenters. The smallest absolute Gasteiger partial charge is 0.341 e. The van der Waals surface area contributed by atoms with Crippen molar-refractivity contribution in [2.24, 2.45) is 7.05 Å². The van der Waals surface area contributed by atoms with Crippen molar-refractivity contribution in [3.8, 4) is 5.75 Å². The number of aliphatic carboxylic acids is 1. The molecule has 130 valence electrons. The van der Waals surface area contributed by atoms with Crippen molar-refractivity contribution < 1.29 is 23.1 Å². The van der Waals surface area contributed by atoms with Gasteiger partial charge in [0.2, 0.25) is 0 Å². The molecule has 0 saturated carbocycles. The Morgan fingerprint density at radius 2 is 2.00 bits per heavy atom. The predicted octanol–water partition coefficient (Wildman–Crippen LogP) is 1.61. The van der Waals surface area contributed by atoms with E-state index in [1.165, 1.54) is 12.3 Å². The average Bonchev–Trinajstić information content (AvgIpc) is 2.78. The Hall–Kier alpha value is -2.55. The summed E-state index contributed by atoms with van der Waals surface area (Å²) in [5, 5.41) is 12.7. The lowest BCUT2D eigenvalue weighted by Gasteiger charge is -2.15. The Bertz CT molecular complexity index is 887. The van der Waals surface area contributed by atoms with E-state index in [9.17, 15) is 13.2 Å². The third-order valence-corrected chi connectivity index (χ3v) is 5.17. The lowest BCUT2D eigenvalue weighted by atomic mass is 10.1. The number of hydrogen-bond donors (Lipinski definition) is 2. The monoisotopic (exact) mass is 353 g/mol. The molecule has 2 aromatic rings. The number of benzene rings is 1. The lowest BCUT2D eigenvalue weighted by molar-refractivity contribution is -0.139. The minimum Gasteiger partial charge on any atom is -0.481 e. The van der Waals surface area contributed by atoms with Gasteiger partial charge in [0.25, 0.3) is 10.0 Å². The van der Waals surface area contributed by atoms with Crippen LogP contribution in [0.1, 0.15) is 16.8 Å². The van der Waals surface area contributed by atoms with E-state index >= 15 is 0 Å². The van der Waals surface area contributed by atoms with E-state index in [1.54, 1.807) is 38.6 Å². The van der Waals surface area contributed by atoms with Crippen LogP contribution in [0.3, 0.4) is 0 Å². The van der Waals surface area contributed by atoms with Crippen molar-refractivity contribution in [2.75, 3.05) is 11.3 Å². The molecule has 0 saturated heterocycles. The average molecular weight is 353 g/mol. The molecule has 0 unspecified atom stereocenters. The van der Waals surface area contributed by atoms with Crippen LogP contribution in [0.25, 0.3) is 0 Å². The molecule has 1 aromatic heterocycles. The van der Waals surface area contributed by atoms with E-state index in [2.05, 4.69) is 9.82 Å². The number of anilines is 1. The van der Waals surface area contributed by atoms with E-state index < -0.39 is 22.6 Å². The predicted molar refractivity (Wildman–Crippen MR) is 87.8 cm³/mol. The van der Waals surface area contributed by atoms with Gasteiger partial charge in [0.15, 0.2) is 6.61 Å². The molecule has 2 rings (SSSR count). The molecule has 0 aliphatic carbocycles. The number of aromatic nitrogens is 2. The number of sulfonamides is 1. The quantitative estimate of drug-likeness (QED) is 0.816. The number of ether oxygens (including phenoxy) is 1. The Balaban J connectivity index is 2.41. The molecule has 0 fully saturated rings. The van der Waals surface area contributed by atoms with Crippen LogP contribution in [0, 0.1) is 20.8 Å². The van der Waals surface area contributed by atoms with Gasteiger partial charge in [-0.05, 0) is 32.4 Å². The van der Waals surface area contributed by atoms with Crippen LogP contribution in [-0.4, -0.2) is 35.9 Å². The van der Waals surface area contributed by atoms with E-state index in [0.717, 1.165) is 0 Å².